The lowest BCUT2D eigenvalue weighted by atomic mass is 9.80. The summed E-state index contributed by atoms with van der Waals surface area (Å²) in [7, 11) is 0. The summed E-state index contributed by atoms with van der Waals surface area (Å²) >= 11 is 3.90. The van der Waals surface area contributed by atoms with E-state index >= 15 is 0 Å². The lowest BCUT2D eigenvalue weighted by Crippen LogP contribution is -2.16. The van der Waals surface area contributed by atoms with E-state index in [1.165, 1.54) is 33.4 Å². The highest BCUT2D eigenvalue weighted by Gasteiger charge is 2.27. The fraction of sp³-hybridized carbons (Fsp3) is 0.625. The van der Waals surface area contributed by atoms with Gasteiger partial charge in [0.25, 0.3) is 0 Å². The van der Waals surface area contributed by atoms with Gasteiger partial charge in [-0.25, -0.2) is 0 Å². The van der Waals surface area contributed by atoms with Crippen LogP contribution in [0.15, 0.2) is 0 Å². The first-order valence-electron chi connectivity index (χ1n) is 6.30. The Bertz CT molecular complexity index is 407. The fourth-order valence-electron chi connectivity index (χ4n) is 2.34. The van der Waals surface area contributed by atoms with Crippen molar-refractivity contribution in [2.24, 2.45) is 5.41 Å². The van der Waals surface area contributed by atoms with Crippen molar-refractivity contribution in [2.75, 3.05) is 0 Å². The van der Waals surface area contributed by atoms with Gasteiger partial charge >= 0.3 is 0 Å². The normalized spacial score (nSPS) is 13.9. The van der Waals surface area contributed by atoms with Crippen LogP contribution in [0.1, 0.15) is 59.0 Å². The van der Waals surface area contributed by atoms with Crippen molar-refractivity contribution in [1.29, 1.82) is 0 Å². The molecule has 0 saturated carbocycles. The van der Waals surface area contributed by atoms with E-state index in [1.54, 1.807) is 0 Å². The molecule has 1 rings (SSSR count). The molecule has 17 heavy (non-hydrogen) atoms. The predicted octanol–water partition coefficient (Wildman–Crippen LogP) is 5.71. The third-order valence-electron chi connectivity index (χ3n) is 4.07. The highest BCUT2D eigenvalue weighted by Crippen LogP contribution is 2.44. The Morgan fingerprint density at radius 2 is 1.00 bits per heavy atom. The SMILES string of the molecule is Cc1c(C)c(C)c(C(Br)C(C)(C)C)c(C)c1C. The predicted molar refractivity (Wildman–Crippen MR) is 81.3 cm³/mol. The van der Waals surface area contributed by atoms with E-state index in [0.717, 1.165) is 0 Å². The standard InChI is InChI=1S/C16H25Br/c1-9-10(2)12(4)14(13(5)11(9)3)15(17)16(6,7)8/h15H,1-8H3. The molecule has 0 aromatic heterocycles. The molecule has 1 heteroatoms. The second kappa shape index (κ2) is 4.76. The van der Waals surface area contributed by atoms with Crippen LogP contribution in [0.4, 0.5) is 0 Å². The van der Waals surface area contributed by atoms with E-state index in [-0.39, 0.29) is 5.41 Å². The topological polar surface area (TPSA) is 0 Å². The van der Waals surface area contributed by atoms with Crippen LogP contribution in [-0.2, 0) is 0 Å². The van der Waals surface area contributed by atoms with Crippen LogP contribution in [0.3, 0.4) is 0 Å². The van der Waals surface area contributed by atoms with Crippen molar-refractivity contribution < 1.29 is 0 Å². The Labute approximate surface area is 115 Å². The minimum Gasteiger partial charge on any atom is -0.0833 e. The Hall–Kier alpha value is -0.300. The van der Waals surface area contributed by atoms with E-state index in [9.17, 15) is 0 Å². The van der Waals surface area contributed by atoms with E-state index in [4.69, 9.17) is 0 Å². The number of hydrogen-bond acceptors (Lipinski definition) is 0. The van der Waals surface area contributed by atoms with Crippen LogP contribution in [0.2, 0.25) is 0 Å². The van der Waals surface area contributed by atoms with Crippen molar-refractivity contribution in [2.45, 2.75) is 60.2 Å². The van der Waals surface area contributed by atoms with E-state index in [2.05, 4.69) is 71.3 Å². The number of hydrogen-bond donors (Lipinski definition) is 0. The molecule has 0 aliphatic rings. The number of benzene rings is 1. The molecule has 0 fully saturated rings. The maximum Gasteiger partial charge on any atom is 0.0449 e. The summed E-state index contributed by atoms with van der Waals surface area (Å²) in [4.78, 5) is 0.410. The van der Waals surface area contributed by atoms with Crippen molar-refractivity contribution in [3.8, 4) is 0 Å². The minimum absolute atomic E-state index is 0.240. The number of halogens is 1. The Balaban J connectivity index is 3.55. The third-order valence-corrected chi connectivity index (χ3v) is 5.90. The maximum atomic E-state index is 3.90. The zero-order valence-corrected chi connectivity index (χ0v) is 14.0. The molecule has 0 saturated heterocycles. The molecule has 0 N–H and O–H groups in total. The van der Waals surface area contributed by atoms with Gasteiger partial charge in [0, 0.05) is 4.83 Å². The molecule has 1 atom stereocenters. The average molecular weight is 297 g/mol. The first-order valence-corrected chi connectivity index (χ1v) is 7.21. The summed E-state index contributed by atoms with van der Waals surface area (Å²) in [6.45, 7) is 18.1. The second-order valence-electron chi connectivity index (χ2n) is 6.27. The van der Waals surface area contributed by atoms with Crippen LogP contribution in [0.5, 0.6) is 0 Å². The lowest BCUT2D eigenvalue weighted by molar-refractivity contribution is 0.405. The molecule has 0 bridgehead atoms. The molecule has 0 radical (unpaired) electrons. The molecular weight excluding hydrogens is 272 g/mol. The molecule has 0 aliphatic carbocycles. The number of rotatable bonds is 1. The van der Waals surface area contributed by atoms with Crippen LogP contribution < -0.4 is 0 Å². The maximum absolute atomic E-state index is 3.90. The van der Waals surface area contributed by atoms with Crippen molar-refractivity contribution >= 4 is 15.9 Å². The van der Waals surface area contributed by atoms with E-state index in [0.29, 0.717) is 4.83 Å². The average Bonchev–Trinajstić information content (AvgIpc) is 2.22. The van der Waals surface area contributed by atoms with E-state index < -0.39 is 0 Å². The summed E-state index contributed by atoms with van der Waals surface area (Å²) in [6, 6.07) is 0. The highest BCUT2D eigenvalue weighted by atomic mass is 79.9. The molecule has 0 spiro atoms. The van der Waals surface area contributed by atoms with E-state index in [1.807, 2.05) is 0 Å². The first-order chi connectivity index (χ1) is 7.59. The lowest BCUT2D eigenvalue weighted by Gasteiger charge is -2.31. The largest absolute Gasteiger partial charge is 0.0833 e. The molecule has 1 unspecified atom stereocenters. The van der Waals surface area contributed by atoms with Gasteiger partial charge in [-0.15, -0.1) is 0 Å². The highest BCUT2D eigenvalue weighted by molar-refractivity contribution is 9.09. The molecule has 1 aromatic rings. The van der Waals surface area contributed by atoms with Gasteiger partial charge in [-0.05, 0) is 73.4 Å². The first kappa shape index (κ1) is 14.8. The number of alkyl halides is 1. The van der Waals surface area contributed by atoms with Gasteiger partial charge in [-0.1, -0.05) is 36.7 Å². The Kier molecular flexibility index (Phi) is 4.13. The Morgan fingerprint density at radius 3 is 1.29 bits per heavy atom. The molecule has 0 heterocycles. The zero-order valence-electron chi connectivity index (χ0n) is 12.5. The van der Waals surface area contributed by atoms with Gasteiger partial charge in [0.1, 0.15) is 0 Å². The molecular formula is C16H25Br. The summed E-state index contributed by atoms with van der Waals surface area (Å²) in [6.07, 6.45) is 0. The minimum atomic E-state index is 0.240. The molecule has 0 aliphatic heterocycles. The van der Waals surface area contributed by atoms with Gasteiger partial charge < -0.3 is 0 Å². The zero-order chi connectivity index (χ0) is 13.5. The van der Waals surface area contributed by atoms with Crippen LogP contribution in [-0.4, -0.2) is 0 Å². The fourth-order valence-corrected chi connectivity index (χ4v) is 3.03. The second-order valence-corrected chi connectivity index (χ2v) is 7.18. The molecule has 96 valence electrons. The third kappa shape index (κ3) is 2.59. The molecule has 0 nitrogen and oxygen atoms in total. The molecule has 1 aromatic carbocycles. The summed E-state index contributed by atoms with van der Waals surface area (Å²) in [5, 5.41) is 0. The van der Waals surface area contributed by atoms with Crippen LogP contribution in [0, 0.1) is 40.0 Å². The van der Waals surface area contributed by atoms with Gasteiger partial charge in [0.2, 0.25) is 0 Å². The van der Waals surface area contributed by atoms with Crippen molar-refractivity contribution in [1.82, 2.24) is 0 Å². The van der Waals surface area contributed by atoms with Gasteiger partial charge in [0.05, 0.1) is 0 Å². The summed E-state index contributed by atoms with van der Waals surface area (Å²) < 4.78 is 0. The smallest absolute Gasteiger partial charge is 0.0449 e. The Morgan fingerprint density at radius 1 is 0.706 bits per heavy atom. The summed E-state index contributed by atoms with van der Waals surface area (Å²) in [5.41, 5.74) is 8.94. The van der Waals surface area contributed by atoms with Crippen molar-refractivity contribution in [3.63, 3.8) is 0 Å². The monoisotopic (exact) mass is 296 g/mol. The van der Waals surface area contributed by atoms with Gasteiger partial charge in [0.15, 0.2) is 0 Å². The van der Waals surface area contributed by atoms with Crippen LogP contribution >= 0.6 is 15.9 Å². The van der Waals surface area contributed by atoms with Crippen LogP contribution in [0.25, 0.3) is 0 Å². The molecule has 0 amide bonds. The van der Waals surface area contributed by atoms with Crippen molar-refractivity contribution in [3.05, 3.63) is 33.4 Å². The quantitative estimate of drug-likeness (QED) is 0.582. The summed E-state index contributed by atoms with van der Waals surface area (Å²) in [5.74, 6) is 0. The van der Waals surface area contributed by atoms with Gasteiger partial charge in [-0.2, -0.15) is 0 Å². The van der Waals surface area contributed by atoms with Gasteiger partial charge in [-0.3, -0.25) is 0 Å².